The fraction of sp³-hybridized carbons (Fsp3) is 0.400. The topological polar surface area (TPSA) is 99.4 Å². The zero-order valence-electron chi connectivity index (χ0n) is 19.9. The van der Waals surface area contributed by atoms with Gasteiger partial charge in [-0.15, -0.1) is 0 Å². The van der Waals surface area contributed by atoms with Gasteiger partial charge < -0.3 is 15.4 Å². The molecule has 1 saturated heterocycles. The van der Waals surface area contributed by atoms with Crippen molar-refractivity contribution in [2.45, 2.75) is 32.7 Å². The van der Waals surface area contributed by atoms with Crippen LogP contribution in [-0.2, 0) is 11.3 Å². The van der Waals surface area contributed by atoms with E-state index in [0.717, 1.165) is 42.4 Å². The number of ether oxygens (including phenoxy) is 1. The Hall–Kier alpha value is -3.67. The van der Waals surface area contributed by atoms with Gasteiger partial charge in [0.2, 0.25) is 0 Å². The Morgan fingerprint density at radius 1 is 1.33 bits per heavy atom. The molecule has 0 atom stereocenters. The van der Waals surface area contributed by atoms with Gasteiger partial charge in [-0.3, -0.25) is 19.1 Å². The normalized spacial score (nSPS) is 13.0. The van der Waals surface area contributed by atoms with Crippen LogP contribution >= 0.6 is 11.3 Å². The molecule has 2 aromatic rings. The Balaban J connectivity index is 1.79. The van der Waals surface area contributed by atoms with E-state index in [2.05, 4.69) is 21.7 Å². The summed E-state index contributed by atoms with van der Waals surface area (Å²) in [6, 6.07) is 9.07. The van der Waals surface area contributed by atoms with E-state index in [0.29, 0.717) is 6.61 Å². The zero-order valence-corrected chi connectivity index (χ0v) is 20.7. The van der Waals surface area contributed by atoms with Gasteiger partial charge in [0.25, 0.3) is 17.9 Å². The molecule has 0 saturated carbocycles. The lowest BCUT2D eigenvalue weighted by atomic mass is 10.3. The third-order valence-electron chi connectivity index (χ3n) is 5.34. The van der Waals surface area contributed by atoms with Crippen LogP contribution in [0.5, 0.6) is 5.75 Å². The summed E-state index contributed by atoms with van der Waals surface area (Å²) >= 11 is 0.985. The van der Waals surface area contributed by atoms with Gasteiger partial charge in [0.15, 0.2) is 5.57 Å². The van der Waals surface area contributed by atoms with Crippen molar-refractivity contribution in [1.29, 1.82) is 5.26 Å². The minimum atomic E-state index is -2.74. The number of hydrogen-bond acceptors (Lipinski definition) is 7. The molecule has 1 aromatic heterocycles. The summed E-state index contributed by atoms with van der Waals surface area (Å²) in [5.74, 6) is -0.250. The quantitative estimate of drug-likeness (QED) is 0.369. The molecule has 3 rings (SSSR count). The standard InChI is InChI=1S/C25H27F2N5O3S/c1-2-32-23(14-18(16-28)24(33)30-17-22(26)27)36-21(25(32)34)8-9-29-19-6-5-7-20(15-19)35-13-12-31-10-3-4-11-31/h5-7,9,15,22,29H,2-4,10-13,17H2,1H3,(H,30,33). The molecule has 1 aromatic carbocycles. The molecular weight excluding hydrogens is 488 g/mol. The van der Waals surface area contributed by atoms with Crippen LogP contribution in [0.15, 0.2) is 40.8 Å². The van der Waals surface area contributed by atoms with E-state index in [1.165, 1.54) is 23.6 Å². The van der Waals surface area contributed by atoms with E-state index in [-0.39, 0.29) is 21.3 Å². The smallest absolute Gasteiger partial charge is 0.277 e. The lowest BCUT2D eigenvalue weighted by molar-refractivity contribution is -0.117. The summed E-state index contributed by atoms with van der Waals surface area (Å²) in [7, 11) is 0. The van der Waals surface area contributed by atoms with E-state index in [4.69, 9.17) is 4.74 Å². The van der Waals surface area contributed by atoms with Crippen LogP contribution in [0.1, 0.15) is 19.8 Å². The van der Waals surface area contributed by atoms with Gasteiger partial charge in [-0.1, -0.05) is 28.9 Å². The Labute approximate surface area is 211 Å². The van der Waals surface area contributed by atoms with Crippen LogP contribution in [0.2, 0.25) is 0 Å². The van der Waals surface area contributed by atoms with Crippen LogP contribution in [0.3, 0.4) is 0 Å². The maximum Gasteiger partial charge on any atom is 0.277 e. The summed E-state index contributed by atoms with van der Waals surface area (Å²) in [4.78, 5) is 27.1. The molecule has 1 aliphatic rings. The SMILES string of the molecule is CCn1c(=C=C(C#N)C(=O)NCC(F)F)sc(=C=CNc2cccc(OCCN3CCCC3)c2)c1=O. The maximum absolute atomic E-state index is 12.7. The van der Waals surface area contributed by atoms with Crippen LogP contribution in [0.25, 0.3) is 11.5 Å². The largest absolute Gasteiger partial charge is 0.492 e. The van der Waals surface area contributed by atoms with Crippen molar-refractivity contribution < 1.29 is 18.3 Å². The van der Waals surface area contributed by atoms with Crippen LogP contribution in [0.4, 0.5) is 14.5 Å². The number of nitrogens with zero attached hydrogens (tertiary/aromatic N) is 3. The first-order valence-electron chi connectivity index (χ1n) is 11.5. The molecule has 1 amide bonds. The van der Waals surface area contributed by atoms with E-state index in [1.54, 1.807) is 13.0 Å². The van der Waals surface area contributed by atoms with Crippen molar-refractivity contribution in [1.82, 2.24) is 14.8 Å². The number of aromatic nitrogens is 1. The highest BCUT2D eigenvalue weighted by molar-refractivity contribution is 7.07. The molecular formula is C25H27F2N5O3S. The van der Waals surface area contributed by atoms with Crippen molar-refractivity contribution in [2.24, 2.45) is 0 Å². The van der Waals surface area contributed by atoms with Gasteiger partial charge in [0.05, 0.1) is 6.54 Å². The fourth-order valence-electron chi connectivity index (χ4n) is 3.54. The third-order valence-corrected chi connectivity index (χ3v) is 6.35. The van der Waals surface area contributed by atoms with E-state index < -0.39 is 24.5 Å². The number of halogens is 2. The van der Waals surface area contributed by atoms with Crippen molar-refractivity contribution in [3.05, 3.63) is 55.6 Å². The number of likely N-dealkylation sites (tertiary alicyclic amines) is 1. The average molecular weight is 516 g/mol. The number of thiazole rings is 1. The number of nitrogens with one attached hydrogen (secondary N) is 2. The molecule has 11 heteroatoms. The Bertz CT molecular complexity index is 1360. The Morgan fingerprint density at radius 3 is 2.81 bits per heavy atom. The fourth-order valence-corrected chi connectivity index (χ4v) is 4.53. The summed E-state index contributed by atoms with van der Waals surface area (Å²) in [6.45, 7) is 4.84. The van der Waals surface area contributed by atoms with Gasteiger partial charge in [-0.25, -0.2) is 8.78 Å². The number of benzene rings is 1. The summed E-state index contributed by atoms with van der Waals surface area (Å²) in [6.07, 6.45) is 1.22. The number of carbonyl (C=O) groups excluding carboxylic acids is 1. The molecule has 2 N–H and O–H groups in total. The van der Waals surface area contributed by atoms with Gasteiger partial charge >= 0.3 is 0 Å². The molecule has 0 radical (unpaired) electrons. The van der Waals surface area contributed by atoms with E-state index >= 15 is 0 Å². The summed E-state index contributed by atoms with van der Waals surface area (Å²) in [5, 5.41) is 14.2. The number of alkyl halides is 2. The highest BCUT2D eigenvalue weighted by Crippen LogP contribution is 2.17. The predicted octanol–water partition coefficient (Wildman–Crippen LogP) is 1.62. The highest BCUT2D eigenvalue weighted by Gasteiger charge is 2.12. The number of anilines is 1. The molecule has 0 bridgehead atoms. The number of carbonyl (C=O) groups is 1. The van der Waals surface area contributed by atoms with Gasteiger partial charge in [0, 0.05) is 31.0 Å². The van der Waals surface area contributed by atoms with Crippen LogP contribution in [-0.4, -0.2) is 54.6 Å². The minimum Gasteiger partial charge on any atom is -0.492 e. The van der Waals surface area contributed by atoms with Crippen molar-refractivity contribution >= 4 is 34.4 Å². The first-order valence-corrected chi connectivity index (χ1v) is 12.4. The lowest BCUT2D eigenvalue weighted by Crippen LogP contribution is -2.31. The second-order valence-corrected chi connectivity index (χ2v) is 8.86. The molecule has 1 aliphatic heterocycles. The van der Waals surface area contributed by atoms with Crippen molar-refractivity contribution in [3.63, 3.8) is 0 Å². The van der Waals surface area contributed by atoms with Gasteiger partial charge in [0.1, 0.15) is 27.6 Å². The average Bonchev–Trinajstić information content (AvgIpc) is 3.49. The first-order chi connectivity index (χ1) is 17.4. The zero-order chi connectivity index (χ0) is 25.9. The highest BCUT2D eigenvalue weighted by atomic mass is 32.1. The lowest BCUT2D eigenvalue weighted by Gasteiger charge is -2.15. The second kappa shape index (κ2) is 13.4. The van der Waals surface area contributed by atoms with E-state index in [1.807, 2.05) is 29.6 Å². The first kappa shape index (κ1) is 26.9. The third kappa shape index (κ3) is 7.67. The molecule has 0 spiro atoms. The van der Waals surface area contributed by atoms with Crippen LogP contribution in [0, 0.1) is 11.3 Å². The van der Waals surface area contributed by atoms with E-state index in [9.17, 15) is 23.6 Å². The molecule has 190 valence electrons. The molecule has 8 nitrogen and oxygen atoms in total. The number of nitriles is 1. The number of hydrogen-bond donors (Lipinski definition) is 2. The summed E-state index contributed by atoms with van der Waals surface area (Å²) in [5.41, 5.74) is 5.35. The van der Waals surface area contributed by atoms with Crippen LogP contribution < -0.4 is 30.1 Å². The Morgan fingerprint density at radius 2 is 2.11 bits per heavy atom. The van der Waals surface area contributed by atoms with Gasteiger partial charge in [-0.2, -0.15) is 5.26 Å². The second-order valence-electron chi connectivity index (χ2n) is 7.86. The minimum absolute atomic E-state index is 0.218. The summed E-state index contributed by atoms with van der Waals surface area (Å²) < 4.78 is 32.3. The Kier molecular flexibility index (Phi) is 10.0. The maximum atomic E-state index is 12.7. The monoisotopic (exact) mass is 515 g/mol. The number of rotatable bonds is 10. The van der Waals surface area contributed by atoms with Gasteiger partial charge in [-0.05, 0) is 45.0 Å². The molecule has 0 unspecified atom stereocenters. The molecule has 1 fully saturated rings. The molecule has 36 heavy (non-hydrogen) atoms. The van der Waals surface area contributed by atoms with Crippen molar-refractivity contribution in [3.8, 4) is 11.8 Å². The molecule has 0 aliphatic carbocycles. The number of amides is 1. The predicted molar refractivity (Wildman–Crippen MR) is 134 cm³/mol. The van der Waals surface area contributed by atoms with Crippen molar-refractivity contribution in [2.75, 3.05) is 38.1 Å². The molecule has 2 heterocycles.